The highest BCUT2D eigenvalue weighted by molar-refractivity contribution is 5.98. The Morgan fingerprint density at radius 3 is 2.28 bits per heavy atom. The molecule has 0 saturated carbocycles. The summed E-state index contributed by atoms with van der Waals surface area (Å²) in [6, 6.07) is 15.1. The molecule has 43 heavy (non-hydrogen) atoms. The van der Waals surface area contributed by atoms with E-state index in [-0.39, 0.29) is 43.9 Å². The molecule has 3 aromatic rings. The van der Waals surface area contributed by atoms with Gasteiger partial charge in [-0.05, 0) is 49.9 Å². The fraction of sp³-hybridized carbons (Fsp3) is 0.400. The number of hydrogen-bond acceptors (Lipinski definition) is 7. The second-order valence-corrected chi connectivity index (χ2v) is 10.7. The Hall–Kier alpha value is -3.64. The summed E-state index contributed by atoms with van der Waals surface area (Å²) in [5.41, 5.74) is 6.81. The second-order valence-electron chi connectivity index (χ2n) is 10.7. The minimum Gasteiger partial charge on any atom is -0.497 e. The summed E-state index contributed by atoms with van der Waals surface area (Å²) in [5, 5.41) is 9.91. The topological polar surface area (TPSA) is 141 Å². The lowest BCUT2D eigenvalue weighted by atomic mass is 10.1. The number of rotatable bonds is 12. The van der Waals surface area contributed by atoms with Crippen molar-refractivity contribution in [2.45, 2.75) is 50.9 Å². The molecule has 0 aliphatic carbocycles. The molecule has 1 unspecified atom stereocenters. The predicted molar refractivity (Wildman–Crippen MR) is 169 cm³/mol. The Balaban J connectivity index is 0.00000323. The van der Waals surface area contributed by atoms with Crippen LogP contribution in [-0.4, -0.2) is 70.8 Å². The summed E-state index contributed by atoms with van der Waals surface area (Å²) in [5.74, 6) is -0.384. The quantitative estimate of drug-likeness (QED) is 0.277. The molecular weight excluding hydrogens is 595 g/mol. The summed E-state index contributed by atoms with van der Waals surface area (Å²) >= 11 is 0. The average molecular weight is 636 g/mol. The number of anilines is 1. The molecule has 4 rings (SSSR count). The smallest absolute Gasteiger partial charge is 0.252 e. The van der Waals surface area contributed by atoms with Gasteiger partial charge < -0.3 is 30.7 Å². The zero-order valence-corrected chi connectivity index (χ0v) is 26.2. The van der Waals surface area contributed by atoms with Crippen molar-refractivity contribution in [3.63, 3.8) is 0 Å². The zero-order chi connectivity index (χ0) is 29.4. The van der Waals surface area contributed by atoms with E-state index in [1.807, 2.05) is 47.4 Å². The molecule has 3 amide bonds. The first kappa shape index (κ1) is 35.6. The molecule has 11 nitrogen and oxygen atoms in total. The third-order valence-electron chi connectivity index (χ3n) is 6.82. The minimum absolute atomic E-state index is 0. The van der Waals surface area contributed by atoms with Crippen molar-refractivity contribution in [1.82, 2.24) is 20.0 Å². The fourth-order valence-corrected chi connectivity index (χ4v) is 4.47. The van der Waals surface area contributed by atoms with E-state index < -0.39 is 29.4 Å². The number of carbonyl (C=O) groups excluding carboxylic acids is 3. The molecule has 1 aromatic heterocycles. The van der Waals surface area contributed by atoms with E-state index in [1.54, 1.807) is 44.0 Å². The van der Waals surface area contributed by atoms with Crippen molar-refractivity contribution in [2.75, 3.05) is 32.1 Å². The number of carbonyl (C=O) groups is 3. The Morgan fingerprint density at radius 1 is 1.02 bits per heavy atom. The number of nitrogens with two attached hydrogens (primary N) is 1. The molecule has 2 atom stereocenters. The van der Waals surface area contributed by atoms with Gasteiger partial charge in [0.1, 0.15) is 11.8 Å². The highest BCUT2D eigenvalue weighted by Crippen LogP contribution is 2.26. The Bertz CT molecular complexity index is 1320. The van der Waals surface area contributed by atoms with E-state index in [9.17, 15) is 14.4 Å². The molecule has 234 valence electrons. The Morgan fingerprint density at radius 2 is 1.67 bits per heavy atom. The molecule has 4 N–H and O–H groups in total. The first-order chi connectivity index (χ1) is 19.7. The summed E-state index contributed by atoms with van der Waals surface area (Å²) in [7, 11) is 1.58. The number of ether oxygens (including phenoxy) is 2. The molecule has 1 fully saturated rings. The van der Waals surface area contributed by atoms with Crippen LogP contribution in [0.3, 0.4) is 0 Å². The molecule has 1 aliphatic rings. The standard InChI is InChI=1S/C30H38N6O5.2ClH/c1-30(2,31)29(39)34-25(20-41-19-21-9-5-4-6-10-21)27(37)33-23-17-32-36(18-23)26(28(38)35-15-7-8-16-35)22-11-13-24(40-3)14-12-22;;/h4-6,9-14,17-18,25-26H,7-8,15-16,19-20,31H2,1-3H3,(H,33,37)(H,34,39);2*1H/t25-,26?;;/m1../s1. The van der Waals surface area contributed by atoms with Crippen molar-refractivity contribution in [1.29, 1.82) is 0 Å². The van der Waals surface area contributed by atoms with E-state index in [4.69, 9.17) is 15.2 Å². The van der Waals surface area contributed by atoms with Crippen LogP contribution < -0.4 is 21.1 Å². The van der Waals surface area contributed by atoms with Crippen LogP contribution >= 0.6 is 24.8 Å². The van der Waals surface area contributed by atoms with Crippen LogP contribution in [0.5, 0.6) is 5.75 Å². The van der Waals surface area contributed by atoms with E-state index >= 15 is 0 Å². The van der Waals surface area contributed by atoms with E-state index in [0.29, 0.717) is 24.5 Å². The molecule has 1 saturated heterocycles. The number of likely N-dealkylation sites (tertiary alicyclic amines) is 1. The number of nitrogens with one attached hydrogen (secondary N) is 2. The van der Waals surface area contributed by atoms with E-state index in [1.165, 1.54) is 6.20 Å². The summed E-state index contributed by atoms with van der Waals surface area (Å²) in [6.45, 7) is 4.70. The molecular formula is C30H40Cl2N6O5. The number of nitrogens with zero attached hydrogens (tertiary/aromatic N) is 3. The van der Waals surface area contributed by atoms with Crippen LogP contribution in [0.1, 0.15) is 43.9 Å². The third-order valence-corrected chi connectivity index (χ3v) is 6.82. The van der Waals surface area contributed by atoms with Gasteiger partial charge in [0.05, 0.1) is 37.7 Å². The van der Waals surface area contributed by atoms with Gasteiger partial charge in [-0.15, -0.1) is 24.8 Å². The zero-order valence-electron chi connectivity index (χ0n) is 24.5. The molecule has 0 bridgehead atoms. The largest absolute Gasteiger partial charge is 0.497 e. The molecule has 2 aromatic carbocycles. The second kappa shape index (κ2) is 16.3. The highest BCUT2D eigenvalue weighted by atomic mass is 35.5. The van der Waals surface area contributed by atoms with Crippen molar-refractivity contribution in [3.05, 3.63) is 78.1 Å². The molecule has 13 heteroatoms. The van der Waals surface area contributed by atoms with Crippen molar-refractivity contribution in [3.8, 4) is 5.75 Å². The van der Waals surface area contributed by atoms with Gasteiger partial charge in [0, 0.05) is 19.3 Å². The van der Waals surface area contributed by atoms with Crippen LogP contribution in [0.15, 0.2) is 67.0 Å². The SMILES string of the molecule is COc1ccc(C(C(=O)N2CCCC2)n2cc(NC(=O)[C@@H](COCc3ccccc3)NC(=O)C(C)(C)N)cn2)cc1.Cl.Cl. The molecule has 0 spiro atoms. The lowest BCUT2D eigenvalue weighted by molar-refractivity contribution is -0.132. The van der Waals surface area contributed by atoms with Gasteiger partial charge >= 0.3 is 0 Å². The van der Waals surface area contributed by atoms with Gasteiger partial charge in [0.15, 0.2) is 6.04 Å². The number of hydrogen-bond donors (Lipinski definition) is 3. The average Bonchev–Trinajstić information content (AvgIpc) is 3.66. The lowest BCUT2D eigenvalue weighted by Crippen LogP contribution is -2.56. The predicted octanol–water partition coefficient (Wildman–Crippen LogP) is 3.32. The number of methoxy groups -OCH3 is 1. The number of aromatic nitrogens is 2. The maximum absolute atomic E-state index is 13.6. The number of amides is 3. The summed E-state index contributed by atoms with van der Waals surface area (Å²) in [6.07, 6.45) is 5.00. The Kier molecular flexibility index (Phi) is 13.5. The Labute approximate surface area is 264 Å². The molecule has 1 aliphatic heterocycles. The minimum atomic E-state index is -1.19. The third kappa shape index (κ3) is 9.69. The van der Waals surface area contributed by atoms with Crippen LogP contribution in [0, 0.1) is 0 Å². The van der Waals surface area contributed by atoms with Crippen LogP contribution in [0.4, 0.5) is 5.69 Å². The number of halogens is 2. The summed E-state index contributed by atoms with van der Waals surface area (Å²) in [4.78, 5) is 41.3. The first-order valence-electron chi connectivity index (χ1n) is 13.6. The van der Waals surface area contributed by atoms with E-state index in [0.717, 1.165) is 24.0 Å². The van der Waals surface area contributed by atoms with Crippen molar-refractivity contribution in [2.24, 2.45) is 5.73 Å². The normalized spacial score (nSPS) is 14.1. The van der Waals surface area contributed by atoms with Crippen molar-refractivity contribution < 1.29 is 23.9 Å². The highest BCUT2D eigenvalue weighted by Gasteiger charge is 2.31. The molecule has 2 heterocycles. The monoisotopic (exact) mass is 634 g/mol. The number of benzene rings is 2. The van der Waals surface area contributed by atoms with Gasteiger partial charge in [0.25, 0.3) is 5.91 Å². The van der Waals surface area contributed by atoms with E-state index in [2.05, 4.69) is 15.7 Å². The van der Waals surface area contributed by atoms with Gasteiger partial charge in [-0.1, -0.05) is 42.5 Å². The molecule has 0 radical (unpaired) electrons. The fourth-order valence-electron chi connectivity index (χ4n) is 4.47. The first-order valence-corrected chi connectivity index (χ1v) is 13.6. The summed E-state index contributed by atoms with van der Waals surface area (Å²) < 4.78 is 12.6. The van der Waals surface area contributed by atoms with Crippen LogP contribution in [-0.2, 0) is 25.7 Å². The lowest BCUT2D eigenvalue weighted by Gasteiger charge is -2.24. The van der Waals surface area contributed by atoms with Crippen LogP contribution in [0.25, 0.3) is 0 Å². The van der Waals surface area contributed by atoms with Gasteiger partial charge in [-0.25, -0.2) is 0 Å². The maximum Gasteiger partial charge on any atom is 0.252 e. The van der Waals surface area contributed by atoms with Crippen LogP contribution in [0.2, 0.25) is 0 Å². The van der Waals surface area contributed by atoms with Gasteiger partial charge in [-0.2, -0.15) is 5.10 Å². The van der Waals surface area contributed by atoms with Gasteiger partial charge in [-0.3, -0.25) is 19.1 Å². The van der Waals surface area contributed by atoms with Gasteiger partial charge in [0.2, 0.25) is 11.8 Å². The van der Waals surface area contributed by atoms with Crippen molar-refractivity contribution >= 4 is 48.2 Å². The maximum atomic E-state index is 13.6.